The number of rotatable bonds is 4. The lowest BCUT2D eigenvalue weighted by molar-refractivity contribution is 0.135. The van der Waals surface area contributed by atoms with Crippen LogP contribution < -0.4 is 0 Å². The molecule has 2 nitrogen and oxygen atoms in total. The largest absolute Gasteiger partial charge is 0.393 e. The third-order valence-corrected chi connectivity index (χ3v) is 1.45. The van der Waals surface area contributed by atoms with E-state index < -0.39 is 6.10 Å². The summed E-state index contributed by atoms with van der Waals surface area (Å²) in [5.74, 6) is 0.257. The molecule has 0 saturated heterocycles. The van der Waals surface area contributed by atoms with Crippen LogP contribution in [0.4, 0.5) is 0 Å². The maximum Gasteiger partial charge on any atom is 0.0676 e. The first-order chi connectivity index (χ1) is 4.16. The Labute approximate surface area is 60.5 Å². The molecule has 0 aliphatic heterocycles. The molecule has 0 heterocycles. The van der Waals surface area contributed by atoms with Gasteiger partial charge in [-0.25, -0.2) is 0 Å². The summed E-state index contributed by atoms with van der Waals surface area (Å²) in [6.45, 7) is 1.70. The van der Waals surface area contributed by atoms with E-state index in [1.54, 1.807) is 6.92 Å². The van der Waals surface area contributed by atoms with Crippen molar-refractivity contribution in [3.8, 4) is 0 Å². The highest BCUT2D eigenvalue weighted by Crippen LogP contribution is 2.01. The highest BCUT2D eigenvalue weighted by atomic mass is 35.5. The average molecular weight is 153 g/mol. The molecule has 0 saturated carbocycles. The normalized spacial score (nSPS) is 17.3. The molecule has 0 aliphatic rings. The summed E-state index contributed by atoms with van der Waals surface area (Å²) in [4.78, 5) is 0. The summed E-state index contributed by atoms with van der Waals surface area (Å²) < 4.78 is 0. The monoisotopic (exact) mass is 152 g/mol. The smallest absolute Gasteiger partial charge is 0.0676 e. The van der Waals surface area contributed by atoms with E-state index in [0.717, 1.165) is 0 Å². The van der Waals surface area contributed by atoms with Crippen LogP contribution in [0.2, 0.25) is 0 Å². The Morgan fingerprint density at radius 1 is 1.33 bits per heavy atom. The molecule has 9 heavy (non-hydrogen) atoms. The van der Waals surface area contributed by atoms with E-state index in [1.165, 1.54) is 0 Å². The van der Waals surface area contributed by atoms with Gasteiger partial charge in [0, 0.05) is 5.88 Å². The van der Waals surface area contributed by atoms with Gasteiger partial charge < -0.3 is 10.2 Å². The molecule has 0 fully saturated rings. The van der Waals surface area contributed by atoms with Gasteiger partial charge in [0.15, 0.2) is 0 Å². The van der Waals surface area contributed by atoms with Gasteiger partial charge in [-0.3, -0.25) is 0 Å². The minimum atomic E-state index is -0.457. The summed E-state index contributed by atoms with van der Waals surface area (Å²) >= 11 is 5.30. The highest BCUT2D eigenvalue weighted by Gasteiger charge is 2.03. The summed E-state index contributed by atoms with van der Waals surface area (Å²) in [6, 6.07) is 0. The molecule has 2 N–H and O–H groups in total. The fourth-order valence-corrected chi connectivity index (χ4v) is 0.665. The lowest BCUT2D eigenvalue weighted by Gasteiger charge is -2.06. The van der Waals surface area contributed by atoms with Gasteiger partial charge >= 0.3 is 0 Å². The molecule has 0 aliphatic carbocycles. The van der Waals surface area contributed by atoms with Gasteiger partial charge in [-0.2, -0.15) is 0 Å². The van der Waals surface area contributed by atoms with Crippen molar-refractivity contribution >= 4 is 11.6 Å². The summed E-state index contributed by atoms with van der Waals surface area (Å²) in [5.41, 5.74) is 0. The third-order valence-electron chi connectivity index (χ3n) is 1.10. The van der Waals surface area contributed by atoms with E-state index in [2.05, 4.69) is 0 Å². The molecule has 0 aromatic carbocycles. The molecule has 56 valence electrons. The van der Waals surface area contributed by atoms with Gasteiger partial charge in [0.05, 0.1) is 12.2 Å². The van der Waals surface area contributed by atoms with Crippen molar-refractivity contribution in [2.45, 2.75) is 32.0 Å². The van der Waals surface area contributed by atoms with Crippen molar-refractivity contribution in [2.24, 2.45) is 0 Å². The standard InChI is InChI=1S/C6H13ClO2/c1-5(8)2-3-6(9)4-7/h5-6,8-9H,2-4H2,1H3. The van der Waals surface area contributed by atoms with Crippen molar-refractivity contribution in [2.75, 3.05) is 5.88 Å². The first-order valence-corrected chi connectivity index (χ1v) is 3.62. The van der Waals surface area contributed by atoms with Gasteiger partial charge in [0.2, 0.25) is 0 Å². The number of aliphatic hydroxyl groups excluding tert-OH is 2. The van der Waals surface area contributed by atoms with Gasteiger partial charge in [-0.05, 0) is 19.8 Å². The minimum Gasteiger partial charge on any atom is -0.393 e. The zero-order valence-corrected chi connectivity index (χ0v) is 6.30. The average Bonchev–Trinajstić information content (AvgIpc) is 1.83. The number of halogens is 1. The van der Waals surface area contributed by atoms with Crippen LogP contribution >= 0.6 is 11.6 Å². The Morgan fingerprint density at radius 3 is 2.22 bits per heavy atom. The lowest BCUT2D eigenvalue weighted by atomic mass is 10.1. The van der Waals surface area contributed by atoms with Crippen molar-refractivity contribution in [1.29, 1.82) is 0 Å². The van der Waals surface area contributed by atoms with Gasteiger partial charge in [-0.15, -0.1) is 11.6 Å². The van der Waals surface area contributed by atoms with Crippen LogP contribution in [-0.4, -0.2) is 28.3 Å². The zero-order chi connectivity index (χ0) is 7.28. The van der Waals surface area contributed by atoms with Crippen LogP contribution in [0.1, 0.15) is 19.8 Å². The van der Waals surface area contributed by atoms with E-state index in [1.807, 2.05) is 0 Å². The van der Waals surface area contributed by atoms with E-state index in [-0.39, 0.29) is 12.0 Å². The predicted octanol–water partition coefficient (Wildman–Crippen LogP) is 0.747. The zero-order valence-electron chi connectivity index (χ0n) is 5.55. The van der Waals surface area contributed by atoms with Crippen LogP contribution in [0.25, 0.3) is 0 Å². The van der Waals surface area contributed by atoms with E-state index >= 15 is 0 Å². The van der Waals surface area contributed by atoms with Crippen molar-refractivity contribution < 1.29 is 10.2 Å². The number of alkyl halides is 1. The Morgan fingerprint density at radius 2 is 1.89 bits per heavy atom. The van der Waals surface area contributed by atoms with Crippen molar-refractivity contribution in [3.63, 3.8) is 0 Å². The van der Waals surface area contributed by atoms with Crippen LogP contribution in [0.15, 0.2) is 0 Å². The Bertz CT molecular complexity index is 66.1. The van der Waals surface area contributed by atoms with Crippen molar-refractivity contribution in [1.82, 2.24) is 0 Å². The topological polar surface area (TPSA) is 40.5 Å². The second kappa shape index (κ2) is 5.03. The Hall–Kier alpha value is 0.210. The number of aliphatic hydroxyl groups is 2. The van der Waals surface area contributed by atoms with Crippen LogP contribution in [0.5, 0.6) is 0 Å². The molecule has 0 aromatic heterocycles. The minimum absolute atomic E-state index is 0.257. The third kappa shape index (κ3) is 6.09. The van der Waals surface area contributed by atoms with Crippen LogP contribution in [0, 0.1) is 0 Å². The molecule has 0 amide bonds. The lowest BCUT2D eigenvalue weighted by Crippen LogP contribution is -2.11. The second-order valence-corrected chi connectivity index (χ2v) is 2.54. The van der Waals surface area contributed by atoms with Crippen LogP contribution in [-0.2, 0) is 0 Å². The molecular weight excluding hydrogens is 140 g/mol. The molecule has 0 radical (unpaired) electrons. The Kier molecular flexibility index (Phi) is 5.15. The molecule has 2 atom stereocenters. The molecular formula is C6H13ClO2. The van der Waals surface area contributed by atoms with Gasteiger partial charge in [0.25, 0.3) is 0 Å². The maximum absolute atomic E-state index is 8.86. The first-order valence-electron chi connectivity index (χ1n) is 3.09. The predicted molar refractivity (Wildman–Crippen MR) is 37.6 cm³/mol. The van der Waals surface area contributed by atoms with E-state index in [9.17, 15) is 0 Å². The molecule has 0 aromatic rings. The SMILES string of the molecule is CC(O)CCC(O)CCl. The maximum atomic E-state index is 8.86. The molecule has 3 heteroatoms. The molecule has 2 unspecified atom stereocenters. The van der Waals surface area contributed by atoms with Crippen LogP contribution in [0.3, 0.4) is 0 Å². The fourth-order valence-electron chi connectivity index (χ4n) is 0.511. The number of hydrogen-bond donors (Lipinski definition) is 2. The first kappa shape index (κ1) is 9.21. The Balaban J connectivity index is 3.06. The quantitative estimate of drug-likeness (QED) is 0.584. The van der Waals surface area contributed by atoms with Gasteiger partial charge in [-0.1, -0.05) is 0 Å². The number of hydrogen-bond acceptors (Lipinski definition) is 2. The fraction of sp³-hybridized carbons (Fsp3) is 1.00. The summed E-state index contributed by atoms with van der Waals surface area (Å²) in [7, 11) is 0. The molecule has 0 rings (SSSR count). The van der Waals surface area contributed by atoms with Crippen molar-refractivity contribution in [3.05, 3.63) is 0 Å². The molecule has 0 bridgehead atoms. The second-order valence-electron chi connectivity index (χ2n) is 2.23. The van der Waals surface area contributed by atoms with Gasteiger partial charge in [0.1, 0.15) is 0 Å². The molecule has 0 spiro atoms. The highest BCUT2D eigenvalue weighted by molar-refractivity contribution is 6.18. The van der Waals surface area contributed by atoms with E-state index in [0.29, 0.717) is 12.8 Å². The summed E-state index contributed by atoms with van der Waals surface area (Å²) in [5, 5.41) is 17.6. The summed E-state index contributed by atoms with van der Waals surface area (Å²) in [6.07, 6.45) is 0.416. The van der Waals surface area contributed by atoms with E-state index in [4.69, 9.17) is 21.8 Å².